The molecule has 0 aromatic heterocycles. The van der Waals surface area contributed by atoms with E-state index in [2.05, 4.69) is 25.2 Å². The van der Waals surface area contributed by atoms with Crippen molar-refractivity contribution in [2.45, 2.75) is 40.0 Å². The molecule has 1 N–H and O–H groups in total. The molecule has 2 nitrogen and oxygen atoms in total. The molecule has 0 unspecified atom stereocenters. The molecule has 0 atom stereocenters. The third-order valence-electron chi connectivity index (χ3n) is 3.35. The topological polar surface area (TPSA) is 21.3 Å². The zero-order chi connectivity index (χ0) is 15.2. The first-order valence-electron chi connectivity index (χ1n) is 7.25. The molecule has 0 bridgehead atoms. The van der Waals surface area contributed by atoms with Gasteiger partial charge < -0.3 is 10.1 Å². The molecule has 0 radical (unpaired) electrons. The third kappa shape index (κ3) is 4.57. The van der Waals surface area contributed by atoms with Gasteiger partial charge in [0, 0.05) is 18.7 Å². The quantitative estimate of drug-likeness (QED) is 0.859. The summed E-state index contributed by atoms with van der Waals surface area (Å²) in [7, 11) is 0. The fraction of sp³-hybridized carbons (Fsp3) is 0.333. The van der Waals surface area contributed by atoms with E-state index in [1.54, 1.807) is 6.07 Å². The lowest BCUT2D eigenvalue weighted by atomic mass is 10.1. The first-order chi connectivity index (χ1) is 10.1. The number of hydrogen-bond acceptors (Lipinski definition) is 2. The average Bonchev–Trinajstić information content (AvgIpc) is 2.47. The minimum absolute atomic E-state index is 0.273. The molecule has 0 amide bonds. The van der Waals surface area contributed by atoms with E-state index in [0.29, 0.717) is 18.4 Å². The second-order valence-electron chi connectivity index (χ2n) is 5.50. The van der Waals surface area contributed by atoms with Crippen molar-refractivity contribution in [1.29, 1.82) is 0 Å². The zero-order valence-electron chi connectivity index (χ0n) is 12.8. The second kappa shape index (κ2) is 7.23. The summed E-state index contributed by atoms with van der Waals surface area (Å²) in [5, 5.41) is 3.41. The van der Waals surface area contributed by atoms with Crippen LogP contribution in [0.1, 0.15) is 30.5 Å². The summed E-state index contributed by atoms with van der Waals surface area (Å²) in [5.41, 5.74) is 3.27. The fourth-order valence-electron chi connectivity index (χ4n) is 2.07. The van der Waals surface area contributed by atoms with Gasteiger partial charge in [-0.15, -0.1) is 0 Å². The molecule has 2 rings (SSSR count). The summed E-state index contributed by atoms with van der Waals surface area (Å²) in [4.78, 5) is 0. The Morgan fingerprint density at radius 1 is 1.10 bits per heavy atom. The van der Waals surface area contributed by atoms with E-state index in [9.17, 15) is 4.39 Å². The summed E-state index contributed by atoms with van der Waals surface area (Å²) < 4.78 is 19.1. The van der Waals surface area contributed by atoms with Gasteiger partial charge in [0.25, 0.3) is 0 Å². The zero-order valence-corrected chi connectivity index (χ0v) is 12.8. The van der Waals surface area contributed by atoms with Crippen LogP contribution in [0.15, 0.2) is 42.5 Å². The van der Waals surface area contributed by atoms with Gasteiger partial charge in [-0.1, -0.05) is 44.2 Å². The van der Waals surface area contributed by atoms with Crippen LogP contribution in [0.25, 0.3) is 0 Å². The van der Waals surface area contributed by atoms with Gasteiger partial charge in [-0.2, -0.15) is 0 Å². The van der Waals surface area contributed by atoms with Crippen molar-refractivity contribution in [3.05, 3.63) is 65.0 Å². The Morgan fingerprint density at radius 2 is 1.81 bits per heavy atom. The van der Waals surface area contributed by atoms with E-state index >= 15 is 0 Å². The lowest BCUT2D eigenvalue weighted by Crippen LogP contribution is -2.22. The lowest BCUT2D eigenvalue weighted by molar-refractivity contribution is 0.301. The van der Waals surface area contributed by atoms with Gasteiger partial charge >= 0.3 is 0 Å². The van der Waals surface area contributed by atoms with Crippen molar-refractivity contribution < 1.29 is 9.13 Å². The number of halogens is 1. The van der Waals surface area contributed by atoms with Crippen molar-refractivity contribution in [3.63, 3.8) is 0 Å². The fourth-order valence-corrected chi connectivity index (χ4v) is 2.07. The largest absolute Gasteiger partial charge is 0.489 e. The summed E-state index contributed by atoms with van der Waals surface area (Å²) in [6.45, 7) is 7.41. The second-order valence-corrected chi connectivity index (χ2v) is 5.50. The minimum Gasteiger partial charge on any atom is -0.489 e. The summed E-state index contributed by atoms with van der Waals surface area (Å²) in [6, 6.07) is 13.2. The molecule has 2 aromatic carbocycles. The molecule has 0 aliphatic rings. The molecular formula is C18H22FNO. The Labute approximate surface area is 126 Å². The monoisotopic (exact) mass is 287 g/mol. The predicted molar refractivity (Wildman–Crippen MR) is 83.9 cm³/mol. The Balaban J connectivity index is 2.07. The van der Waals surface area contributed by atoms with E-state index in [1.807, 2.05) is 25.1 Å². The number of aryl methyl sites for hydroxylation is 1. The van der Waals surface area contributed by atoms with E-state index in [-0.39, 0.29) is 5.82 Å². The van der Waals surface area contributed by atoms with Gasteiger partial charge in [0.2, 0.25) is 0 Å². The lowest BCUT2D eigenvalue weighted by Gasteiger charge is -2.14. The van der Waals surface area contributed by atoms with Crippen LogP contribution < -0.4 is 10.1 Å². The highest BCUT2D eigenvalue weighted by molar-refractivity contribution is 5.33. The van der Waals surface area contributed by atoms with Crippen LogP contribution in [0.2, 0.25) is 0 Å². The highest BCUT2D eigenvalue weighted by Crippen LogP contribution is 2.21. The highest BCUT2D eigenvalue weighted by Gasteiger charge is 2.06. The Hall–Kier alpha value is -1.87. The number of hydrogen-bond donors (Lipinski definition) is 1. The third-order valence-corrected chi connectivity index (χ3v) is 3.35. The van der Waals surface area contributed by atoms with Crippen LogP contribution in [0.3, 0.4) is 0 Å². The van der Waals surface area contributed by atoms with Gasteiger partial charge in [-0.25, -0.2) is 4.39 Å². The molecule has 0 heterocycles. The maximum Gasteiger partial charge on any atom is 0.126 e. The van der Waals surface area contributed by atoms with Gasteiger partial charge in [-0.3, -0.25) is 0 Å². The molecule has 0 fully saturated rings. The number of nitrogens with one attached hydrogen (secondary N) is 1. The van der Waals surface area contributed by atoms with Crippen LogP contribution in [0.4, 0.5) is 4.39 Å². The van der Waals surface area contributed by atoms with Crippen LogP contribution in [0, 0.1) is 12.7 Å². The van der Waals surface area contributed by atoms with Crippen LogP contribution >= 0.6 is 0 Å². The maximum atomic E-state index is 13.3. The van der Waals surface area contributed by atoms with Crippen LogP contribution in [-0.4, -0.2) is 6.04 Å². The number of benzene rings is 2. The molecule has 21 heavy (non-hydrogen) atoms. The van der Waals surface area contributed by atoms with Crippen molar-refractivity contribution in [2.24, 2.45) is 0 Å². The van der Waals surface area contributed by atoms with E-state index in [0.717, 1.165) is 17.7 Å². The molecule has 0 saturated carbocycles. The smallest absolute Gasteiger partial charge is 0.126 e. The molecular weight excluding hydrogens is 265 g/mol. The summed E-state index contributed by atoms with van der Waals surface area (Å²) in [6.07, 6.45) is 0. The van der Waals surface area contributed by atoms with Crippen LogP contribution in [0.5, 0.6) is 5.75 Å². The molecule has 0 aliphatic carbocycles. The van der Waals surface area contributed by atoms with Crippen LogP contribution in [-0.2, 0) is 13.2 Å². The normalized spacial score (nSPS) is 10.9. The standard InChI is InChI=1S/C18H22FNO/c1-13(2)20-11-15-6-4-5-7-16(15)12-21-18-10-17(19)9-8-14(18)3/h4-10,13,20H,11-12H2,1-3H3. The highest BCUT2D eigenvalue weighted by atomic mass is 19.1. The molecule has 2 aromatic rings. The predicted octanol–water partition coefficient (Wildman–Crippen LogP) is 4.21. The van der Waals surface area contributed by atoms with Crippen molar-refractivity contribution >= 4 is 0 Å². The van der Waals surface area contributed by atoms with Gasteiger partial charge in [0.1, 0.15) is 18.2 Å². The molecule has 0 aliphatic heterocycles. The minimum atomic E-state index is -0.273. The summed E-state index contributed by atoms with van der Waals surface area (Å²) in [5.74, 6) is 0.326. The van der Waals surface area contributed by atoms with Gasteiger partial charge in [0.15, 0.2) is 0 Å². The van der Waals surface area contributed by atoms with E-state index < -0.39 is 0 Å². The first kappa shape index (κ1) is 15.5. The Morgan fingerprint density at radius 3 is 2.52 bits per heavy atom. The van der Waals surface area contributed by atoms with Gasteiger partial charge in [-0.05, 0) is 29.7 Å². The Kier molecular flexibility index (Phi) is 5.34. The molecule has 0 spiro atoms. The molecule has 112 valence electrons. The SMILES string of the molecule is Cc1ccc(F)cc1OCc1ccccc1CNC(C)C. The van der Waals surface area contributed by atoms with E-state index in [4.69, 9.17) is 4.74 Å². The molecule has 0 saturated heterocycles. The number of ether oxygens (including phenoxy) is 1. The van der Waals surface area contributed by atoms with Crippen molar-refractivity contribution in [2.75, 3.05) is 0 Å². The first-order valence-corrected chi connectivity index (χ1v) is 7.25. The van der Waals surface area contributed by atoms with Crippen molar-refractivity contribution in [1.82, 2.24) is 5.32 Å². The Bertz CT molecular complexity index is 596. The summed E-state index contributed by atoms with van der Waals surface area (Å²) >= 11 is 0. The van der Waals surface area contributed by atoms with Crippen molar-refractivity contribution in [3.8, 4) is 5.75 Å². The number of rotatable bonds is 6. The molecule has 3 heteroatoms. The van der Waals surface area contributed by atoms with E-state index in [1.165, 1.54) is 17.7 Å². The average molecular weight is 287 g/mol. The maximum absolute atomic E-state index is 13.3. The van der Waals surface area contributed by atoms with Gasteiger partial charge in [0.05, 0.1) is 0 Å².